The molecule has 1 amide bonds. The molecule has 1 aliphatic rings. The minimum atomic E-state index is -0.362. The van der Waals surface area contributed by atoms with Crippen molar-refractivity contribution in [3.63, 3.8) is 0 Å². The number of halogens is 1. The number of carbonyl (C=O) groups is 1. The zero-order valence-electron chi connectivity index (χ0n) is 13.3. The molecule has 0 aliphatic carbocycles. The summed E-state index contributed by atoms with van der Waals surface area (Å²) in [6.45, 7) is 5.02. The number of hydrogen-bond donors (Lipinski definition) is 2. The number of nitrogens with one attached hydrogen (secondary N) is 1. The van der Waals surface area contributed by atoms with Crippen molar-refractivity contribution >= 4 is 18.3 Å². The van der Waals surface area contributed by atoms with Crippen LogP contribution >= 0.6 is 12.4 Å². The molecule has 1 heterocycles. The average Bonchev–Trinajstić information content (AvgIpc) is 2.49. The Kier molecular flexibility index (Phi) is 8.46. The van der Waals surface area contributed by atoms with E-state index in [0.717, 1.165) is 45.3 Å². The number of piperidine rings is 1. The molecule has 22 heavy (non-hydrogen) atoms. The quantitative estimate of drug-likeness (QED) is 0.844. The lowest BCUT2D eigenvalue weighted by Gasteiger charge is -2.33. The molecule has 0 aromatic heterocycles. The van der Waals surface area contributed by atoms with Crippen molar-refractivity contribution in [2.45, 2.75) is 51.2 Å². The lowest BCUT2D eigenvalue weighted by atomic mass is 10.0. The van der Waals surface area contributed by atoms with Crippen LogP contribution in [0.3, 0.4) is 0 Å². The molecule has 2 unspecified atom stereocenters. The van der Waals surface area contributed by atoms with E-state index in [2.05, 4.69) is 41.4 Å². The van der Waals surface area contributed by atoms with E-state index in [1.807, 2.05) is 6.07 Å². The van der Waals surface area contributed by atoms with Gasteiger partial charge in [0.1, 0.15) is 0 Å². The first-order valence-corrected chi connectivity index (χ1v) is 8.01. The Labute approximate surface area is 139 Å². The summed E-state index contributed by atoms with van der Waals surface area (Å²) in [4.78, 5) is 14.4. The fourth-order valence-corrected chi connectivity index (χ4v) is 2.91. The minimum Gasteiger partial charge on any atom is -0.351 e. The number of rotatable bonds is 6. The van der Waals surface area contributed by atoms with Crippen LogP contribution in [0.5, 0.6) is 0 Å². The zero-order valence-corrected chi connectivity index (χ0v) is 14.1. The number of hydrogen-bond acceptors (Lipinski definition) is 3. The first kappa shape index (κ1) is 18.9. The second-order valence-electron chi connectivity index (χ2n) is 5.96. The van der Waals surface area contributed by atoms with Gasteiger partial charge in [0.25, 0.3) is 0 Å². The third-order valence-electron chi connectivity index (χ3n) is 4.04. The van der Waals surface area contributed by atoms with Crippen molar-refractivity contribution in [2.75, 3.05) is 13.1 Å². The summed E-state index contributed by atoms with van der Waals surface area (Å²) >= 11 is 0. The molecule has 0 saturated carbocycles. The number of carbonyl (C=O) groups excluding carboxylic acids is 1. The molecule has 0 bridgehead atoms. The largest absolute Gasteiger partial charge is 0.351 e. The lowest BCUT2D eigenvalue weighted by Crippen LogP contribution is -2.51. The summed E-state index contributed by atoms with van der Waals surface area (Å²) in [6, 6.07) is 10.4. The Bertz CT molecular complexity index is 441. The van der Waals surface area contributed by atoms with Gasteiger partial charge < -0.3 is 11.1 Å². The van der Waals surface area contributed by atoms with E-state index < -0.39 is 0 Å². The third kappa shape index (κ3) is 5.95. The highest BCUT2D eigenvalue weighted by molar-refractivity contribution is 5.85. The van der Waals surface area contributed by atoms with Crippen molar-refractivity contribution in [2.24, 2.45) is 5.73 Å². The average molecular weight is 326 g/mol. The van der Waals surface area contributed by atoms with Crippen molar-refractivity contribution in [3.8, 4) is 0 Å². The second-order valence-corrected chi connectivity index (χ2v) is 5.96. The predicted molar refractivity (Wildman–Crippen MR) is 93.0 cm³/mol. The van der Waals surface area contributed by atoms with Crippen LogP contribution in [0.1, 0.15) is 38.2 Å². The Hall–Kier alpha value is -1.10. The molecule has 1 aromatic carbocycles. The zero-order chi connectivity index (χ0) is 15.1. The monoisotopic (exact) mass is 325 g/mol. The van der Waals surface area contributed by atoms with Gasteiger partial charge in [-0.15, -0.1) is 12.4 Å². The number of likely N-dealkylation sites (tertiary alicyclic amines) is 1. The lowest BCUT2D eigenvalue weighted by molar-refractivity contribution is -0.123. The summed E-state index contributed by atoms with van der Waals surface area (Å²) in [5, 5.41) is 3.11. The molecule has 1 saturated heterocycles. The molecule has 0 spiro atoms. The maximum atomic E-state index is 12.0. The first-order chi connectivity index (χ1) is 10.2. The molecule has 1 aromatic rings. The van der Waals surface area contributed by atoms with Gasteiger partial charge in [0.15, 0.2) is 0 Å². The Morgan fingerprint density at radius 1 is 1.41 bits per heavy atom. The van der Waals surface area contributed by atoms with Gasteiger partial charge in [-0.2, -0.15) is 0 Å². The number of nitrogens with two attached hydrogens (primary N) is 1. The smallest absolute Gasteiger partial charge is 0.237 e. The van der Waals surface area contributed by atoms with Gasteiger partial charge >= 0.3 is 0 Å². The summed E-state index contributed by atoms with van der Waals surface area (Å²) in [7, 11) is 0. The van der Waals surface area contributed by atoms with Crippen molar-refractivity contribution in [1.29, 1.82) is 0 Å². The van der Waals surface area contributed by atoms with Crippen LogP contribution in [0.25, 0.3) is 0 Å². The Morgan fingerprint density at radius 3 is 2.82 bits per heavy atom. The van der Waals surface area contributed by atoms with Gasteiger partial charge in [-0.05, 0) is 31.4 Å². The van der Waals surface area contributed by atoms with E-state index in [-0.39, 0.29) is 30.4 Å². The van der Waals surface area contributed by atoms with E-state index in [4.69, 9.17) is 5.73 Å². The molecule has 0 radical (unpaired) electrons. The molecule has 5 heteroatoms. The highest BCUT2D eigenvalue weighted by atomic mass is 35.5. The van der Waals surface area contributed by atoms with Crippen molar-refractivity contribution < 1.29 is 4.79 Å². The standard InChI is InChI=1S/C17H27N3O.ClH/c1-2-7-16(18)17(21)19-15-10-6-11-20(13-15)12-14-8-4-3-5-9-14;/h3-5,8-9,15-16H,2,6-7,10-13,18H2,1H3,(H,19,21);1H. The van der Waals surface area contributed by atoms with Gasteiger partial charge in [0.2, 0.25) is 5.91 Å². The van der Waals surface area contributed by atoms with Crippen LogP contribution in [0, 0.1) is 0 Å². The molecular formula is C17H28ClN3O. The van der Waals surface area contributed by atoms with Gasteiger partial charge in [-0.25, -0.2) is 0 Å². The van der Waals surface area contributed by atoms with E-state index in [1.165, 1.54) is 5.56 Å². The third-order valence-corrected chi connectivity index (χ3v) is 4.04. The molecule has 3 N–H and O–H groups in total. The van der Waals surface area contributed by atoms with Crippen LogP contribution in [0.15, 0.2) is 30.3 Å². The van der Waals surface area contributed by atoms with E-state index in [1.54, 1.807) is 0 Å². The van der Waals surface area contributed by atoms with Gasteiger partial charge in [0, 0.05) is 19.1 Å². The Morgan fingerprint density at radius 2 is 2.14 bits per heavy atom. The predicted octanol–water partition coefficient (Wildman–Crippen LogP) is 2.32. The molecule has 1 aliphatic heterocycles. The number of nitrogens with zero attached hydrogens (tertiary/aromatic N) is 1. The minimum absolute atomic E-state index is 0. The number of benzene rings is 1. The van der Waals surface area contributed by atoms with Gasteiger partial charge in [0.05, 0.1) is 6.04 Å². The van der Waals surface area contributed by atoms with E-state index >= 15 is 0 Å². The summed E-state index contributed by atoms with van der Waals surface area (Å²) in [6.07, 6.45) is 3.88. The maximum Gasteiger partial charge on any atom is 0.237 e. The normalized spacial score (nSPS) is 20.0. The summed E-state index contributed by atoms with van der Waals surface area (Å²) in [5.74, 6) is 0.00316. The first-order valence-electron chi connectivity index (χ1n) is 8.01. The van der Waals surface area contributed by atoms with Crippen LogP contribution in [0.4, 0.5) is 0 Å². The number of amides is 1. The summed E-state index contributed by atoms with van der Waals surface area (Å²) < 4.78 is 0. The fourth-order valence-electron chi connectivity index (χ4n) is 2.91. The van der Waals surface area contributed by atoms with Crippen molar-refractivity contribution in [1.82, 2.24) is 10.2 Å². The molecule has 2 atom stereocenters. The van der Waals surface area contributed by atoms with Crippen LogP contribution < -0.4 is 11.1 Å². The Balaban J connectivity index is 0.00000242. The second kappa shape index (κ2) is 9.82. The summed E-state index contributed by atoms with van der Waals surface area (Å²) in [5.41, 5.74) is 7.20. The van der Waals surface area contributed by atoms with Crippen LogP contribution in [-0.2, 0) is 11.3 Å². The van der Waals surface area contributed by atoms with Crippen LogP contribution in [0.2, 0.25) is 0 Å². The van der Waals surface area contributed by atoms with E-state index in [0.29, 0.717) is 0 Å². The highest BCUT2D eigenvalue weighted by Gasteiger charge is 2.23. The van der Waals surface area contributed by atoms with Crippen molar-refractivity contribution in [3.05, 3.63) is 35.9 Å². The van der Waals surface area contributed by atoms with Crippen LogP contribution in [-0.4, -0.2) is 36.0 Å². The van der Waals surface area contributed by atoms with Gasteiger partial charge in [-0.1, -0.05) is 43.7 Å². The topological polar surface area (TPSA) is 58.4 Å². The SMILES string of the molecule is CCCC(N)C(=O)NC1CCCN(Cc2ccccc2)C1.Cl. The molecule has 2 rings (SSSR count). The molecule has 4 nitrogen and oxygen atoms in total. The fraction of sp³-hybridized carbons (Fsp3) is 0.588. The van der Waals surface area contributed by atoms with E-state index in [9.17, 15) is 4.79 Å². The molecule has 124 valence electrons. The highest BCUT2D eigenvalue weighted by Crippen LogP contribution is 2.14. The maximum absolute atomic E-state index is 12.0. The molecular weight excluding hydrogens is 298 g/mol. The van der Waals surface area contributed by atoms with Gasteiger partial charge in [-0.3, -0.25) is 9.69 Å². The molecule has 1 fully saturated rings.